The van der Waals surface area contributed by atoms with E-state index in [2.05, 4.69) is 54.7 Å². The second-order valence-corrected chi connectivity index (χ2v) is 8.74. The largest absolute Gasteiger partial charge is 0.508 e. The average molecular weight is 449 g/mol. The lowest BCUT2D eigenvalue weighted by Gasteiger charge is -2.24. The van der Waals surface area contributed by atoms with Crippen molar-refractivity contribution in [3.8, 4) is 22.6 Å². The highest BCUT2D eigenvalue weighted by molar-refractivity contribution is 5.88. The predicted octanol–water partition coefficient (Wildman–Crippen LogP) is 6.19. The van der Waals surface area contributed by atoms with Gasteiger partial charge in [0.1, 0.15) is 11.5 Å². The number of hydrogen-bond acceptors (Lipinski definition) is 4. The van der Waals surface area contributed by atoms with Crippen LogP contribution in [0.25, 0.3) is 22.5 Å². The first-order chi connectivity index (χ1) is 16.5. The van der Waals surface area contributed by atoms with E-state index in [1.807, 2.05) is 12.1 Å². The summed E-state index contributed by atoms with van der Waals surface area (Å²) >= 11 is 0. The smallest absolute Gasteiger partial charge is 0.115 e. The molecule has 0 saturated carbocycles. The van der Waals surface area contributed by atoms with Crippen LogP contribution in [0.5, 0.6) is 11.5 Å². The van der Waals surface area contributed by atoms with Gasteiger partial charge in [-0.15, -0.1) is 0 Å². The molecule has 4 aromatic rings. The molecule has 0 saturated heterocycles. The Bertz CT molecular complexity index is 1360. The third-order valence-electron chi connectivity index (χ3n) is 6.56. The molecule has 0 amide bonds. The summed E-state index contributed by atoms with van der Waals surface area (Å²) < 4.78 is 0. The van der Waals surface area contributed by atoms with Gasteiger partial charge in [-0.2, -0.15) is 0 Å². The number of rotatable bonds is 6. The lowest BCUT2D eigenvalue weighted by atomic mass is 9.96. The first-order valence-corrected chi connectivity index (χ1v) is 11.6. The summed E-state index contributed by atoms with van der Waals surface area (Å²) in [4.78, 5) is 0. The maximum Gasteiger partial charge on any atom is 0.115 e. The Morgan fingerprint density at radius 3 is 2.09 bits per heavy atom. The summed E-state index contributed by atoms with van der Waals surface area (Å²) in [7, 11) is 0. The fourth-order valence-electron chi connectivity index (χ4n) is 4.68. The number of aromatic hydroxyl groups is 2. The minimum Gasteiger partial charge on any atom is -0.508 e. The fourth-order valence-corrected chi connectivity index (χ4v) is 4.68. The van der Waals surface area contributed by atoms with Gasteiger partial charge in [0, 0.05) is 5.56 Å². The van der Waals surface area contributed by atoms with Crippen LogP contribution in [0.3, 0.4) is 0 Å². The van der Waals surface area contributed by atoms with E-state index < -0.39 is 0 Å². The Morgan fingerprint density at radius 2 is 1.41 bits per heavy atom. The van der Waals surface area contributed by atoms with Crippen LogP contribution in [0.2, 0.25) is 0 Å². The maximum absolute atomic E-state index is 9.80. The van der Waals surface area contributed by atoms with Gasteiger partial charge >= 0.3 is 0 Å². The molecule has 0 bridgehead atoms. The molecule has 1 aliphatic carbocycles. The van der Waals surface area contributed by atoms with E-state index in [4.69, 9.17) is 5.73 Å². The van der Waals surface area contributed by atoms with Gasteiger partial charge in [-0.05, 0) is 101 Å². The molecule has 0 heterocycles. The second kappa shape index (κ2) is 8.99. The zero-order chi connectivity index (χ0) is 23.7. The van der Waals surface area contributed by atoms with Crippen molar-refractivity contribution in [1.82, 2.24) is 5.32 Å². The molecule has 1 aliphatic rings. The fraction of sp³-hybridized carbons (Fsp3) is 0.133. The SMILES string of the molecule is CCC(N/C(=C(\N)c1ccc(O)cc1)c1ccc(O)cc1)c1ccc2c(c1)-c1ccccc1C2. The van der Waals surface area contributed by atoms with Crippen LogP contribution in [-0.2, 0) is 6.42 Å². The van der Waals surface area contributed by atoms with Crippen LogP contribution < -0.4 is 11.1 Å². The summed E-state index contributed by atoms with van der Waals surface area (Å²) in [6, 6.07) is 29.3. The van der Waals surface area contributed by atoms with Gasteiger partial charge in [0.15, 0.2) is 0 Å². The zero-order valence-electron chi connectivity index (χ0n) is 19.1. The average Bonchev–Trinajstić information content (AvgIpc) is 3.24. The molecular weight excluding hydrogens is 420 g/mol. The van der Waals surface area contributed by atoms with Crippen molar-refractivity contribution in [2.24, 2.45) is 5.73 Å². The van der Waals surface area contributed by atoms with Crippen LogP contribution in [-0.4, -0.2) is 10.2 Å². The maximum atomic E-state index is 9.80. The lowest BCUT2D eigenvalue weighted by Crippen LogP contribution is -2.22. The number of nitrogens with one attached hydrogen (secondary N) is 1. The normalized spacial score (nSPS) is 13.6. The number of phenolic OH excluding ortho intramolecular Hbond substituents is 2. The zero-order valence-corrected chi connectivity index (χ0v) is 19.1. The van der Waals surface area contributed by atoms with Gasteiger partial charge < -0.3 is 21.3 Å². The minimum atomic E-state index is 0.0394. The van der Waals surface area contributed by atoms with E-state index >= 15 is 0 Å². The van der Waals surface area contributed by atoms with Gasteiger partial charge in [0.2, 0.25) is 0 Å². The summed E-state index contributed by atoms with van der Waals surface area (Å²) in [6.45, 7) is 2.16. The molecule has 5 N–H and O–H groups in total. The molecule has 1 atom stereocenters. The molecule has 0 spiro atoms. The lowest BCUT2D eigenvalue weighted by molar-refractivity contribution is 0.474. The molecule has 4 nitrogen and oxygen atoms in total. The van der Waals surface area contributed by atoms with Crippen molar-refractivity contribution in [1.29, 1.82) is 0 Å². The summed E-state index contributed by atoms with van der Waals surface area (Å²) in [5, 5.41) is 23.2. The van der Waals surface area contributed by atoms with Gasteiger partial charge in [-0.3, -0.25) is 0 Å². The van der Waals surface area contributed by atoms with Crippen molar-refractivity contribution in [3.05, 3.63) is 119 Å². The van der Waals surface area contributed by atoms with E-state index in [1.54, 1.807) is 36.4 Å². The highest BCUT2D eigenvalue weighted by Crippen LogP contribution is 2.38. The quantitative estimate of drug-likeness (QED) is 0.233. The van der Waals surface area contributed by atoms with E-state index in [-0.39, 0.29) is 17.5 Å². The van der Waals surface area contributed by atoms with E-state index in [0.29, 0.717) is 5.70 Å². The summed E-state index contributed by atoms with van der Waals surface area (Å²) in [6.07, 6.45) is 1.84. The summed E-state index contributed by atoms with van der Waals surface area (Å²) in [5.41, 5.74) is 16.3. The van der Waals surface area contributed by atoms with Crippen LogP contribution >= 0.6 is 0 Å². The molecule has 34 heavy (non-hydrogen) atoms. The number of phenols is 2. The summed E-state index contributed by atoms with van der Waals surface area (Å²) in [5.74, 6) is 0.399. The Balaban J connectivity index is 1.55. The minimum absolute atomic E-state index is 0.0394. The third kappa shape index (κ3) is 4.11. The molecule has 170 valence electrons. The highest BCUT2D eigenvalue weighted by Gasteiger charge is 2.21. The Labute approximate surface area is 200 Å². The molecule has 0 aliphatic heterocycles. The monoisotopic (exact) mass is 448 g/mol. The van der Waals surface area contributed by atoms with Gasteiger partial charge in [-0.25, -0.2) is 0 Å². The van der Waals surface area contributed by atoms with Gasteiger partial charge in [0.05, 0.1) is 17.4 Å². The predicted molar refractivity (Wildman–Crippen MR) is 138 cm³/mol. The van der Waals surface area contributed by atoms with Crippen molar-refractivity contribution in [3.63, 3.8) is 0 Å². The Morgan fingerprint density at radius 1 is 0.794 bits per heavy atom. The molecule has 5 rings (SSSR count). The molecule has 1 unspecified atom stereocenters. The Hall–Kier alpha value is -4.18. The van der Waals surface area contributed by atoms with E-state index in [1.165, 1.54) is 27.8 Å². The highest BCUT2D eigenvalue weighted by atomic mass is 16.3. The standard InChI is InChI=1S/C30H28N2O2/c1-2-28(23-8-7-22-17-21-5-3-4-6-26(21)27(22)18-23)32-30(20-11-15-25(34)16-12-20)29(31)19-9-13-24(33)14-10-19/h3-16,18,28,32-34H,2,17,31H2,1H3/b30-29-. The van der Waals surface area contributed by atoms with Gasteiger partial charge in [-0.1, -0.05) is 43.3 Å². The number of benzene rings is 4. The van der Waals surface area contributed by atoms with Crippen LogP contribution in [0.1, 0.15) is 47.2 Å². The molecule has 0 fully saturated rings. The molecule has 0 aromatic heterocycles. The molecular formula is C30H28N2O2. The first-order valence-electron chi connectivity index (χ1n) is 11.6. The second-order valence-electron chi connectivity index (χ2n) is 8.74. The molecule has 4 aromatic carbocycles. The number of nitrogens with two attached hydrogens (primary N) is 1. The molecule has 4 heteroatoms. The van der Waals surface area contributed by atoms with Gasteiger partial charge in [0.25, 0.3) is 0 Å². The van der Waals surface area contributed by atoms with Crippen molar-refractivity contribution >= 4 is 11.4 Å². The van der Waals surface area contributed by atoms with Crippen molar-refractivity contribution < 1.29 is 10.2 Å². The van der Waals surface area contributed by atoms with E-state index in [9.17, 15) is 10.2 Å². The Kier molecular flexibility index (Phi) is 5.72. The first kappa shape index (κ1) is 21.7. The number of hydrogen-bond donors (Lipinski definition) is 4. The van der Waals surface area contributed by atoms with E-state index in [0.717, 1.165) is 29.7 Å². The molecule has 0 radical (unpaired) electrons. The van der Waals surface area contributed by atoms with Crippen LogP contribution in [0.15, 0.2) is 91.0 Å². The number of fused-ring (bicyclic) bond motifs is 3. The third-order valence-corrected chi connectivity index (χ3v) is 6.56. The van der Waals surface area contributed by atoms with Crippen molar-refractivity contribution in [2.75, 3.05) is 0 Å². The topological polar surface area (TPSA) is 78.5 Å². The van der Waals surface area contributed by atoms with Crippen molar-refractivity contribution in [2.45, 2.75) is 25.8 Å². The van der Waals surface area contributed by atoms with Crippen LogP contribution in [0.4, 0.5) is 0 Å². The van der Waals surface area contributed by atoms with Crippen LogP contribution in [0, 0.1) is 0 Å².